The fraction of sp³-hybridized carbons (Fsp3) is 0.571. The van der Waals surface area contributed by atoms with Crippen LogP contribution in [-0.4, -0.2) is 33.9 Å². The summed E-state index contributed by atoms with van der Waals surface area (Å²) >= 11 is 0. The molecule has 0 spiro atoms. The van der Waals surface area contributed by atoms with Gasteiger partial charge >= 0.3 is 0 Å². The van der Waals surface area contributed by atoms with E-state index in [-0.39, 0.29) is 6.61 Å². The topological polar surface area (TPSA) is 46.6 Å². The minimum Gasteiger partial charge on any atom is -0.383 e. The van der Waals surface area contributed by atoms with E-state index in [1.165, 1.54) is 7.11 Å². The summed E-state index contributed by atoms with van der Waals surface area (Å²) in [5, 5.41) is -0.524. The number of fused-ring (bicyclic) bond motifs is 1. The Labute approximate surface area is 115 Å². The Morgan fingerprint density at radius 3 is 2.84 bits per heavy atom. The molecule has 0 amide bonds. The number of ether oxygens (including phenoxy) is 1. The van der Waals surface area contributed by atoms with Gasteiger partial charge in [0.05, 0.1) is 12.3 Å². The number of aryl methyl sites for hydroxylation is 1. The largest absolute Gasteiger partial charge is 0.383 e. The molecule has 1 aliphatic rings. The van der Waals surface area contributed by atoms with Crippen molar-refractivity contribution >= 4 is 15.7 Å². The summed E-state index contributed by atoms with van der Waals surface area (Å²) in [6.07, 6.45) is 1.82. The zero-order valence-corrected chi connectivity index (χ0v) is 12.5. The van der Waals surface area contributed by atoms with Crippen molar-refractivity contribution in [1.29, 1.82) is 0 Å². The summed E-state index contributed by atoms with van der Waals surface area (Å²) in [7, 11) is -1.82. The van der Waals surface area contributed by atoms with Crippen LogP contribution in [0, 0.1) is 6.92 Å². The highest BCUT2D eigenvalue weighted by Gasteiger charge is 2.32. The van der Waals surface area contributed by atoms with E-state index in [4.69, 9.17) is 4.74 Å². The van der Waals surface area contributed by atoms with E-state index in [1.807, 2.05) is 25.1 Å². The van der Waals surface area contributed by atoms with Gasteiger partial charge in [-0.25, -0.2) is 8.42 Å². The van der Waals surface area contributed by atoms with Gasteiger partial charge in [0.2, 0.25) is 10.0 Å². The molecule has 1 heterocycles. The third kappa shape index (κ3) is 2.62. The van der Waals surface area contributed by atoms with Crippen molar-refractivity contribution in [2.75, 3.05) is 24.6 Å². The molecule has 19 heavy (non-hydrogen) atoms. The second-order valence-electron chi connectivity index (χ2n) is 5.06. The predicted octanol–water partition coefficient (Wildman–Crippen LogP) is 2.11. The van der Waals surface area contributed by atoms with Gasteiger partial charge < -0.3 is 4.74 Å². The van der Waals surface area contributed by atoms with Gasteiger partial charge in [-0.3, -0.25) is 4.31 Å². The standard InChI is InChI=1S/C14H21NO3S/c1-11-6-4-8-14-13(11)7-5-9-15(14)19(16,17)12(2)10-18-3/h4,6,8,12H,5,7,9-10H2,1-3H3. The van der Waals surface area contributed by atoms with Crippen LogP contribution in [0.2, 0.25) is 0 Å². The summed E-state index contributed by atoms with van der Waals surface area (Å²) in [5.41, 5.74) is 3.16. The maximum absolute atomic E-state index is 12.6. The fourth-order valence-electron chi connectivity index (χ4n) is 2.57. The molecule has 4 nitrogen and oxygen atoms in total. The van der Waals surface area contributed by atoms with Crippen molar-refractivity contribution in [3.8, 4) is 0 Å². The number of hydrogen-bond acceptors (Lipinski definition) is 3. The molecule has 0 radical (unpaired) electrons. The summed E-state index contributed by atoms with van der Waals surface area (Å²) < 4.78 is 31.7. The van der Waals surface area contributed by atoms with Crippen LogP contribution >= 0.6 is 0 Å². The third-order valence-electron chi connectivity index (χ3n) is 3.66. The second kappa shape index (κ2) is 5.51. The lowest BCUT2D eigenvalue weighted by atomic mass is 9.99. The molecular weight excluding hydrogens is 262 g/mol. The Morgan fingerprint density at radius 2 is 2.16 bits per heavy atom. The number of benzene rings is 1. The molecule has 1 aromatic rings. The smallest absolute Gasteiger partial charge is 0.240 e. The summed E-state index contributed by atoms with van der Waals surface area (Å²) in [4.78, 5) is 0. The monoisotopic (exact) mass is 283 g/mol. The number of sulfonamides is 1. The van der Waals surface area contributed by atoms with Gasteiger partial charge in [-0.2, -0.15) is 0 Å². The number of nitrogens with zero attached hydrogens (tertiary/aromatic N) is 1. The molecular formula is C14H21NO3S. The molecule has 0 bridgehead atoms. The SMILES string of the molecule is COCC(C)S(=O)(=O)N1CCCc2c(C)cccc21. The highest BCUT2D eigenvalue weighted by molar-refractivity contribution is 7.93. The van der Waals surface area contributed by atoms with Crippen molar-refractivity contribution in [3.05, 3.63) is 29.3 Å². The van der Waals surface area contributed by atoms with Crippen molar-refractivity contribution < 1.29 is 13.2 Å². The number of anilines is 1. The first kappa shape index (κ1) is 14.3. The summed E-state index contributed by atoms with van der Waals surface area (Å²) in [6.45, 7) is 4.52. The highest BCUT2D eigenvalue weighted by atomic mass is 32.2. The van der Waals surface area contributed by atoms with Gasteiger partial charge in [0.25, 0.3) is 0 Å². The fourth-order valence-corrected chi connectivity index (χ4v) is 4.14. The number of methoxy groups -OCH3 is 1. The molecule has 1 aromatic carbocycles. The van der Waals surface area contributed by atoms with Gasteiger partial charge in [0.1, 0.15) is 5.25 Å². The van der Waals surface area contributed by atoms with E-state index in [9.17, 15) is 8.42 Å². The third-order valence-corrected chi connectivity index (χ3v) is 5.81. The lowest BCUT2D eigenvalue weighted by Crippen LogP contribution is -2.42. The Balaban J connectivity index is 2.42. The molecule has 0 saturated carbocycles. The Bertz CT molecular complexity index is 554. The van der Waals surface area contributed by atoms with E-state index in [0.717, 1.165) is 29.7 Å². The summed E-state index contributed by atoms with van der Waals surface area (Å²) in [5.74, 6) is 0. The maximum atomic E-state index is 12.6. The van der Waals surface area contributed by atoms with Crippen molar-refractivity contribution in [2.24, 2.45) is 0 Å². The van der Waals surface area contributed by atoms with Crippen LogP contribution in [-0.2, 0) is 21.2 Å². The van der Waals surface area contributed by atoms with Gasteiger partial charge in [0.15, 0.2) is 0 Å². The first-order chi connectivity index (χ1) is 8.98. The molecule has 0 N–H and O–H groups in total. The lowest BCUT2D eigenvalue weighted by Gasteiger charge is -2.33. The van der Waals surface area contributed by atoms with Gasteiger partial charge in [0, 0.05) is 13.7 Å². The molecule has 0 aromatic heterocycles. The van der Waals surface area contributed by atoms with Crippen LogP contribution in [0.4, 0.5) is 5.69 Å². The quantitative estimate of drug-likeness (QED) is 0.850. The molecule has 106 valence electrons. The first-order valence-corrected chi connectivity index (χ1v) is 8.07. The molecule has 0 saturated heterocycles. The minimum absolute atomic E-state index is 0.222. The molecule has 5 heteroatoms. The van der Waals surface area contributed by atoms with Crippen LogP contribution in [0.15, 0.2) is 18.2 Å². The normalized spacial score (nSPS) is 17.1. The van der Waals surface area contributed by atoms with E-state index in [0.29, 0.717) is 6.54 Å². The van der Waals surface area contributed by atoms with Gasteiger partial charge in [-0.05, 0) is 43.9 Å². The molecule has 1 atom stereocenters. The molecule has 1 unspecified atom stereocenters. The molecule has 2 rings (SSSR count). The van der Waals surface area contributed by atoms with Crippen molar-refractivity contribution in [1.82, 2.24) is 0 Å². The van der Waals surface area contributed by atoms with Crippen molar-refractivity contribution in [2.45, 2.75) is 31.9 Å². The average molecular weight is 283 g/mol. The average Bonchev–Trinajstić information content (AvgIpc) is 2.39. The van der Waals surface area contributed by atoms with Crippen LogP contribution in [0.5, 0.6) is 0 Å². The van der Waals surface area contributed by atoms with E-state index in [1.54, 1.807) is 11.2 Å². The Morgan fingerprint density at radius 1 is 1.42 bits per heavy atom. The molecule has 1 aliphatic heterocycles. The lowest BCUT2D eigenvalue weighted by molar-refractivity contribution is 0.200. The maximum Gasteiger partial charge on any atom is 0.240 e. The van der Waals surface area contributed by atoms with Crippen LogP contribution < -0.4 is 4.31 Å². The molecule has 0 aliphatic carbocycles. The van der Waals surface area contributed by atoms with E-state index >= 15 is 0 Å². The Kier molecular flexibility index (Phi) is 4.16. The van der Waals surface area contributed by atoms with Crippen LogP contribution in [0.1, 0.15) is 24.5 Å². The van der Waals surface area contributed by atoms with Gasteiger partial charge in [-0.1, -0.05) is 12.1 Å². The molecule has 0 fully saturated rings. The number of rotatable bonds is 4. The van der Waals surface area contributed by atoms with Gasteiger partial charge in [-0.15, -0.1) is 0 Å². The Hall–Kier alpha value is -1.07. The minimum atomic E-state index is -3.35. The predicted molar refractivity (Wildman–Crippen MR) is 77.1 cm³/mol. The van der Waals surface area contributed by atoms with Crippen LogP contribution in [0.3, 0.4) is 0 Å². The zero-order valence-electron chi connectivity index (χ0n) is 11.7. The van der Waals surface area contributed by atoms with E-state index < -0.39 is 15.3 Å². The number of hydrogen-bond donors (Lipinski definition) is 0. The first-order valence-electron chi connectivity index (χ1n) is 6.57. The highest BCUT2D eigenvalue weighted by Crippen LogP contribution is 2.32. The zero-order chi connectivity index (χ0) is 14.0. The van der Waals surface area contributed by atoms with E-state index in [2.05, 4.69) is 0 Å². The van der Waals surface area contributed by atoms with Crippen LogP contribution in [0.25, 0.3) is 0 Å². The summed E-state index contributed by atoms with van der Waals surface area (Å²) in [6, 6.07) is 5.86. The van der Waals surface area contributed by atoms with Crippen molar-refractivity contribution in [3.63, 3.8) is 0 Å². The second-order valence-corrected chi connectivity index (χ2v) is 7.33.